The predicted octanol–water partition coefficient (Wildman–Crippen LogP) is 2.94. The molecule has 0 fully saturated rings. The average Bonchev–Trinajstić information content (AvgIpc) is 2.78. The highest BCUT2D eigenvalue weighted by molar-refractivity contribution is 6.03. The molecule has 1 aromatic heterocycles. The Bertz CT molecular complexity index is 602. The van der Waals surface area contributed by atoms with Gasteiger partial charge in [-0.25, -0.2) is 0 Å². The summed E-state index contributed by atoms with van der Waals surface area (Å²) in [6, 6.07) is 5.93. The van der Waals surface area contributed by atoms with Gasteiger partial charge in [0.1, 0.15) is 6.26 Å². The van der Waals surface area contributed by atoms with Gasteiger partial charge in [0, 0.05) is 5.69 Å². The van der Waals surface area contributed by atoms with Gasteiger partial charge in [-0.1, -0.05) is 32.0 Å². The number of hydrogen-bond acceptors (Lipinski definition) is 4. The van der Waals surface area contributed by atoms with Crippen LogP contribution in [0, 0.1) is 6.92 Å². The molecular weight excluding hydrogens is 242 g/mol. The summed E-state index contributed by atoms with van der Waals surface area (Å²) >= 11 is 0. The molecule has 0 unspecified atom stereocenters. The highest BCUT2D eigenvalue weighted by atomic mass is 16.4. The van der Waals surface area contributed by atoms with Gasteiger partial charge in [0.15, 0.2) is 5.69 Å². The minimum atomic E-state index is -0.323. The van der Waals surface area contributed by atoms with Gasteiger partial charge in [-0.3, -0.25) is 4.79 Å². The summed E-state index contributed by atoms with van der Waals surface area (Å²) in [5.74, 6) is -0.00534. The van der Waals surface area contributed by atoms with Crippen LogP contribution in [-0.2, 0) is 0 Å². The first-order valence-electron chi connectivity index (χ1n) is 6.11. The number of carbonyl (C=O) groups excluding carboxylic acids is 1. The van der Waals surface area contributed by atoms with Crippen LogP contribution in [-0.4, -0.2) is 10.9 Å². The molecule has 0 saturated carbocycles. The molecule has 5 heteroatoms. The maximum Gasteiger partial charge on any atom is 0.292 e. The molecule has 0 bridgehead atoms. The van der Waals surface area contributed by atoms with E-state index in [9.17, 15) is 4.79 Å². The minimum absolute atomic E-state index is 0.0148. The van der Waals surface area contributed by atoms with E-state index in [1.807, 2.05) is 25.1 Å². The van der Waals surface area contributed by atoms with Gasteiger partial charge in [0.05, 0.1) is 0 Å². The fourth-order valence-electron chi connectivity index (χ4n) is 1.91. The van der Waals surface area contributed by atoms with Gasteiger partial charge in [-0.2, -0.15) is 4.98 Å². The fraction of sp³-hybridized carbons (Fsp3) is 0.286. The van der Waals surface area contributed by atoms with Crippen molar-refractivity contribution in [2.45, 2.75) is 26.7 Å². The number of carbonyl (C=O) groups is 1. The second kappa shape index (κ2) is 5.14. The number of para-hydroxylation sites is 1. The van der Waals surface area contributed by atoms with Crippen molar-refractivity contribution in [1.29, 1.82) is 0 Å². The van der Waals surface area contributed by atoms with Crippen molar-refractivity contribution in [2.75, 3.05) is 11.1 Å². The molecule has 1 heterocycles. The van der Waals surface area contributed by atoms with E-state index in [1.165, 1.54) is 6.26 Å². The third-order valence-corrected chi connectivity index (χ3v) is 2.92. The SMILES string of the molecule is Cc1cccc(C(C)C)c1NC(=O)c1coc(N)n1. The van der Waals surface area contributed by atoms with Gasteiger partial charge in [-0.15, -0.1) is 0 Å². The summed E-state index contributed by atoms with van der Waals surface area (Å²) in [5.41, 5.74) is 8.46. The van der Waals surface area contributed by atoms with E-state index in [4.69, 9.17) is 10.2 Å². The number of benzene rings is 1. The third-order valence-electron chi connectivity index (χ3n) is 2.92. The summed E-state index contributed by atoms with van der Waals surface area (Å²) in [6.45, 7) is 6.12. The normalized spacial score (nSPS) is 10.7. The molecule has 0 saturated heterocycles. The summed E-state index contributed by atoms with van der Waals surface area (Å²) in [7, 11) is 0. The van der Waals surface area contributed by atoms with Crippen molar-refractivity contribution in [3.63, 3.8) is 0 Å². The number of nitrogen functional groups attached to an aromatic ring is 1. The number of aromatic nitrogens is 1. The number of amides is 1. The topological polar surface area (TPSA) is 81.2 Å². The Morgan fingerprint density at radius 3 is 2.74 bits per heavy atom. The number of hydrogen-bond donors (Lipinski definition) is 2. The molecule has 2 aromatic rings. The van der Waals surface area contributed by atoms with E-state index >= 15 is 0 Å². The smallest absolute Gasteiger partial charge is 0.292 e. The van der Waals surface area contributed by atoms with E-state index in [0.717, 1.165) is 16.8 Å². The van der Waals surface area contributed by atoms with Crippen LogP contribution in [0.15, 0.2) is 28.9 Å². The molecular formula is C14H17N3O2. The molecule has 0 aliphatic heterocycles. The van der Waals surface area contributed by atoms with E-state index in [0.29, 0.717) is 5.92 Å². The molecule has 100 valence electrons. The molecule has 0 radical (unpaired) electrons. The van der Waals surface area contributed by atoms with E-state index in [1.54, 1.807) is 0 Å². The standard InChI is InChI=1S/C14H17N3O2/c1-8(2)10-6-4-5-9(3)12(10)17-13(18)11-7-19-14(15)16-11/h4-8H,1-3H3,(H2,15,16)(H,17,18). The first kappa shape index (κ1) is 13.1. The number of nitrogens with one attached hydrogen (secondary N) is 1. The monoisotopic (exact) mass is 259 g/mol. The molecule has 0 spiro atoms. The largest absolute Gasteiger partial charge is 0.431 e. The van der Waals surface area contributed by atoms with Crippen LogP contribution in [0.25, 0.3) is 0 Å². The number of oxazole rings is 1. The van der Waals surface area contributed by atoms with Gasteiger partial charge in [-0.05, 0) is 24.0 Å². The van der Waals surface area contributed by atoms with Crippen molar-refractivity contribution in [3.05, 3.63) is 41.3 Å². The van der Waals surface area contributed by atoms with E-state index in [-0.39, 0.29) is 17.6 Å². The molecule has 0 aliphatic rings. The lowest BCUT2D eigenvalue weighted by molar-refractivity contribution is 0.102. The number of rotatable bonds is 3. The van der Waals surface area contributed by atoms with Crippen molar-refractivity contribution in [3.8, 4) is 0 Å². The van der Waals surface area contributed by atoms with Crippen LogP contribution in [0.5, 0.6) is 0 Å². The molecule has 5 nitrogen and oxygen atoms in total. The van der Waals surface area contributed by atoms with Gasteiger partial charge in [0.25, 0.3) is 11.9 Å². The Morgan fingerprint density at radius 2 is 2.16 bits per heavy atom. The van der Waals surface area contributed by atoms with Crippen molar-refractivity contribution >= 4 is 17.6 Å². The van der Waals surface area contributed by atoms with Crippen LogP contribution in [0.1, 0.15) is 41.4 Å². The Morgan fingerprint density at radius 1 is 1.42 bits per heavy atom. The summed E-state index contributed by atoms with van der Waals surface area (Å²) in [5, 5.41) is 2.87. The number of nitrogens with zero attached hydrogens (tertiary/aromatic N) is 1. The van der Waals surface area contributed by atoms with Gasteiger partial charge in [0.2, 0.25) is 0 Å². The van der Waals surface area contributed by atoms with Crippen LogP contribution < -0.4 is 11.1 Å². The van der Waals surface area contributed by atoms with Crippen molar-refractivity contribution < 1.29 is 9.21 Å². The van der Waals surface area contributed by atoms with Gasteiger partial charge >= 0.3 is 0 Å². The van der Waals surface area contributed by atoms with E-state index in [2.05, 4.69) is 24.1 Å². The molecule has 0 atom stereocenters. The lowest BCUT2D eigenvalue weighted by Crippen LogP contribution is -2.15. The molecule has 0 aliphatic carbocycles. The predicted molar refractivity (Wildman–Crippen MR) is 74.1 cm³/mol. The molecule has 2 rings (SSSR count). The highest BCUT2D eigenvalue weighted by Gasteiger charge is 2.15. The fourth-order valence-corrected chi connectivity index (χ4v) is 1.91. The van der Waals surface area contributed by atoms with Crippen LogP contribution in [0.2, 0.25) is 0 Å². The Labute approximate surface area is 111 Å². The zero-order valence-corrected chi connectivity index (χ0v) is 11.2. The second-order valence-corrected chi connectivity index (χ2v) is 4.72. The Balaban J connectivity index is 2.31. The average molecular weight is 259 g/mol. The first-order valence-corrected chi connectivity index (χ1v) is 6.11. The summed E-state index contributed by atoms with van der Waals surface area (Å²) in [6.07, 6.45) is 1.25. The Kier molecular flexibility index (Phi) is 3.55. The first-order chi connectivity index (χ1) is 8.99. The van der Waals surface area contributed by atoms with Crippen LogP contribution >= 0.6 is 0 Å². The quantitative estimate of drug-likeness (QED) is 0.888. The molecule has 19 heavy (non-hydrogen) atoms. The zero-order valence-electron chi connectivity index (χ0n) is 11.2. The molecule has 3 N–H and O–H groups in total. The lowest BCUT2D eigenvalue weighted by Gasteiger charge is -2.15. The second-order valence-electron chi connectivity index (χ2n) is 4.72. The van der Waals surface area contributed by atoms with Crippen molar-refractivity contribution in [2.24, 2.45) is 0 Å². The summed E-state index contributed by atoms with van der Waals surface area (Å²) < 4.78 is 4.84. The summed E-state index contributed by atoms with van der Waals surface area (Å²) in [4.78, 5) is 15.9. The van der Waals surface area contributed by atoms with Crippen LogP contribution in [0.4, 0.5) is 11.7 Å². The lowest BCUT2D eigenvalue weighted by atomic mass is 9.98. The minimum Gasteiger partial charge on any atom is -0.431 e. The highest BCUT2D eigenvalue weighted by Crippen LogP contribution is 2.27. The number of anilines is 2. The Hall–Kier alpha value is -2.30. The van der Waals surface area contributed by atoms with Gasteiger partial charge < -0.3 is 15.5 Å². The molecule has 1 aromatic carbocycles. The zero-order chi connectivity index (χ0) is 14.0. The third kappa shape index (κ3) is 2.76. The van der Waals surface area contributed by atoms with E-state index < -0.39 is 0 Å². The maximum atomic E-state index is 12.1. The molecule has 1 amide bonds. The van der Waals surface area contributed by atoms with Crippen LogP contribution in [0.3, 0.4) is 0 Å². The number of aryl methyl sites for hydroxylation is 1. The number of nitrogens with two attached hydrogens (primary N) is 1. The maximum absolute atomic E-state index is 12.1. The van der Waals surface area contributed by atoms with Crippen molar-refractivity contribution in [1.82, 2.24) is 4.98 Å².